The van der Waals surface area contributed by atoms with E-state index in [1.807, 2.05) is 36.6 Å². The first kappa shape index (κ1) is 10.4. The van der Waals surface area contributed by atoms with Gasteiger partial charge >= 0.3 is 0 Å². The van der Waals surface area contributed by atoms with Crippen LogP contribution in [0.25, 0.3) is 0 Å². The molecular weight excluding hydrogens is 228 g/mol. The molecule has 1 aromatic carbocycles. The van der Waals surface area contributed by atoms with E-state index in [0.29, 0.717) is 15.5 Å². The minimum atomic E-state index is -0.00120. The Balaban J connectivity index is 2.41. The summed E-state index contributed by atoms with van der Waals surface area (Å²) < 4.78 is 0. The first-order valence-electron chi connectivity index (χ1n) is 4.53. The van der Waals surface area contributed by atoms with E-state index in [-0.39, 0.29) is 5.78 Å². The van der Waals surface area contributed by atoms with E-state index >= 15 is 0 Å². The Morgan fingerprint density at radius 2 is 2.13 bits per heavy atom. The monoisotopic (exact) mass is 236 g/mol. The highest BCUT2D eigenvalue weighted by Crippen LogP contribution is 2.25. The summed E-state index contributed by atoms with van der Waals surface area (Å²) >= 11 is 7.29. The zero-order valence-corrected chi connectivity index (χ0v) is 9.73. The van der Waals surface area contributed by atoms with Gasteiger partial charge in [0.05, 0.1) is 9.90 Å². The Hall–Kier alpha value is -1.12. The van der Waals surface area contributed by atoms with Crippen molar-refractivity contribution in [1.82, 2.24) is 0 Å². The zero-order chi connectivity index (χ0) is 10.8. The summed E-state index contributed by atoms with van der Waals surface area (Å²) in [5, 5.41) is 2.36. The van der Waals surface area contributed by atoms with E-state index in [9.17, 15) is 4.79 Å². The maximum Gasteiger partial charge on any atom is 0.204 e. The zero-order valence-electron chi connectivity index (χ0n) is 8.16. The third-order valence-electron chi connectivity index (χ3n) is 2.10. The Morgan fingerprint density at radius 1 is 1.33 bits per heavy atom. The number of carbonyl (C=O) groups is 1. The van der Waals surface area contributed by atoms with Crippen molar-refractivity contribution in [3.8, 4) is 0 Å². The number of benzene rings is 1. The fourth-order valence-corrected chi connectivity index (χ4v) is 2.48. The van der Waals surface area contributed by atoms with Crippen LogP contribution in [0.15, 0.2) is 35.7 Å². The van der Waals surface area contributed by atoms with E-state index in [0.717, 1.165) is 5.56 Å². The largest absolute Gasteiger partial charge is 0.288 e. The van der Waals surface area contributed by atoms with Crippen LogP contribution < -0.4 is 0 Å². The van der Waals surface area contributed by atoms with Crippen molar-refractivity contribution in [2.75, 3.05) is 0 Å². The molecule has 2 rings (SSSR count). The highest BCUT2D eigenvalue weighted by molar-refractivity contribution is 7.13. The van der Waals surface area contributed by atoms with Crippen LogP contribution >= 0.6 is 22.9 Å². The molecule has 1 aromatic heterocycles. The molecule has 0 radical (unpaired) electrons. The van der Waals surface area contributed by atoms with E-state index in [2.05, 4.69) is 0 Å². The first-order chi connectivity index (χ1) is 7.18. The lowest BCUT2D eigenvalue weighted by Gasteiger charge is -2.00. The molecule has 0 saturated heterocycles. The average Bonchev–Trinajstić information content (AvgIpc) is 2.63. The van der Waals surface area contributed by atoms with Crippen molar-refractivity contribution in [3.05, 3.63) is 56.7 Å². The maximum absolute atomic E-state index is 12.0. The van der Waals surface area contributed by atoms with Crippen molar-refractivity contribution in [2.45, 2.75) is 6.92 Å². The average molecular weight is 237 g/mol. The quantitative estimate of drug-likeness (QED) is 0.722. The molecule has 1 heterocycles. The van der Waals surface area contributed by atoms with Gasteiger partial charge in [0.2, 0.25) is 5.78 Å². The standard InChI is InChI=1S/C12H9ClOS/c1-8-3-2-4-9(7-8)11(14)12-10(13)5-6-15-12/h2-7H,1H3. The summed E-state index contributed by atoms with van der Waals surface area (Å²) in [6.07, 6.45) is 0. The SMILES string of the molecule is Cc1cccc(C(=O)c2sccc2Cl)c1. The summed E-state index contributed by atoms with van der Waals surface area (Å²) in [4.78, 5) is 12.6. The molecule has 1 nitrogen and oxygen atoms in total. The van der Waals surface area contributed by atoms with Crippen LogP contribution in [0, 0.1) is 6.92 Å². The van der Waals surface area contributed by atoms with Crippen LogP contribution in [0.3, 0.4) is 0 Å². The van der Waals surface area contributed by atoms with E-state index in [4.69, 9.17) is 11.6 Å². The second-order valence-electron chi connectivity index (χ2n) is 3.30. The van der Waals surface area contributed by atoms with Crippen molar-refractivity contribution in [2.24, 2.45) is 0 Å². The lowest BCUT2D eigenvalue weighted by Crippen LogP contribution is -1.99. The predicted octanol–water partition coefficient (Wildman–Crippen LogP) is 3.94. The number of carbonyl (C=O) groups excluding carboxylic acids is 1. The summed E-state index contributed by atoms with van der Waals surface area (Å²) in [7, 11) is 0. The van der Waals surface area contributed by atoms with Crippen LogP contribution in [0.2, 0.25) is 5.02 Å². The van der Waals surface area contributed by atoms with Gasteiger partial charge in [0, 0.05) is 5.56 Å². The fourth-order valence-electron chi connectivity index (χ4n) is 1.37. The van der Waals surface area contributed by atoms with E-state index < -0.39 is 0 Å². The molecule has 0 amide bonds. The molecule has 15 heavy (non-hydrogen) atoms. The number of ketones is 1. The van der Waals surface area contributed by atoms with Crippen LogP contribution in [-0.4, -0.2) is 5.78 Å². The van der Waals surface area contributed by atoms with Gasteiger partial charge in [0.25, 0.3) is 0 Å². The lowest BCUT2D eigenvalue weighted by atomic mass is 10.1. The Labute approximate surface area is 97.3 Å². The van der Waals surface area contributed by atoms with Gasteiger partial charge in [-0.25, -0.2) is 0 Å². The second-order valence-corrected chi connectivity index (χ2v) is 4.62. The highest BCUT2D eigenvalue weighted by atomic mass is 35.5. The molecule has 3 heteroatoms. The predicted molar refractivity (Wildman–Crippen MR) is 63.9 cm³/mol. The number of halogens is 1. The topological polar surface area (TPSA) is 17.1 Å². The van der Waals surface area contributed by atoms with Crippen molar-refractivity contribution < 1.29 is 4.79 Å². The lowest BCUT2D eigenvalue weighted by molar-refractivity contribution is 0.104. The van der Waals surface area contributed by atoms with Crippen LogP contribution in [0.5, 0.6) is 0 Å². The minimum absolute atomic E-state index is 0.00120. The van der Waals surface area contributed by atoms with Gasteiger partial charge < -0.3 is 0 Å². The van der Waals surface area contributed by atoms with Crippen LogP contribution in [-0.2, 0) is 0 Å². The molecule has 0 atom stereocenters. The first-order valence-corrected chi connectivity index (χ1v) is 5.78. The van der Waals surface area contributed by atoms with Crippen LogP contribution in [0.4, 0.5) is 0 Å². The molecule has 0 spiro atoms. The molecule has 0 bridgehead atoms. The fraction of sp³-hybridized carbons (Fsp3) is 0.0833. The molecule has 2 aromatic rings. The van der Waals surface area contributed by atoms with Gasteiger partial charge in [0.15, 0.2) is 0 Å². The third-order valence-corrected chi connectivity index (χ3v) is 3.44. The number of rotatable bonds is 2. The Kier molecular flexibility index (Phi) is 2.89. The summed E-state index contributed by atoms with van der Waals surface area (Å²) in [5.74, 6) is -0.00120. The second kappa shape index (κ2) is 4.17. The van der Waals surface area contributed by atoms with E-state index in [1.165, 1.54) is 11.3 Å². The van der Waals surface area contributed by atoms with Gasteiger partial charge in [-0.3, -0.25) is 4.79 Å². The number of hydrogen-bond acceptors (Lipinski definition) is 2. The maximum atomic E-state index is 12.0. The normalized spacial score (nSPS) is 10.3. The number of aryl methyl sites for hydroxylation is 1. The summed E-state index contributed by atoms with van der Waals surface area (Å²) in [6, 6.07) is 9.27. The summed E-state index contributed by atoms with van der Waals surface area (Å²) in [5.41, 5.74) is 1.77. The third kappa shape index (κ3) is 2.11. The van der Waals surface area contributed by atoms with E-state index in [1.54, 1.807) is 6.07 Å². The van der Waals surface area contributed by atoms with Crippen molar-refractivity contribution >= 4 is 28.7 Å². The molecule has 0 saturated carbocycles. The van der Waals surface area contributed by atoms with Crippen molar-refractivity contribution in [1.29, 1.82) is 0 Å². The summed E-state index contributed by atoms with van der Waals surface area (Å²) in [6.45, 7) is 1.97. The molecule has 76 valence electrons. The molecule has 0 aliphatic heterocycles. The molecule has 0 aliphatic rings. The highest BCUT2D eigenvalue weighted by Gasteiger charge is 2.13. The molecule has 0 fully saturated rings. The molecule has 0 N–H and O–H groups in total. The van der Waals surface area contributed by atoms with Gasteiger partial charge in [-0.15, -0.1) is 11.3 Å². The number of thiophene rings is 1. The smallest absolute Gasteiger partial charge is 0.204 e. The number of hydrogen-bond donors (Lipinski definition) is 0. The van der Waals surface area contributed by atoms with Gasteiger partial charge in [-0.05, 0) is 24.4 Å². The van der Waals surface area contributed by atoms with Gasteiger partial charge in [0.1, 0.15) is 0 Å². The molecular formula is C12H9ClOS. The van der Waals surface area contributed by atoms with Gasteiger partial charge in [-0.2, -0.15) is 0 Å². The Morgan fingerprint density at radius 3 is 2.73 bits per heavy atom. The van der Waals surface area contributed by atoms with Crippen molar-refractivity contribution in [3.63, 3.8) is 0 Å². The van der Waals surface area contributed by atoms with Crippen LogP contribution in [0.1, 0.15) is 20.8 Å². The van der Waals surface area contributed by atoms with Gasteiger partial charge in [-0.1, -0.05) is 35.4 Å². The molecule has 0 aliphatic carbocycles. The molecule has 0 unspecified atom stereocenters. The Bertz CT molecular complexity index is 502. The minimum Gasteiger partial charge on any atom is -0.288 e.